The first-order valence-corrected chi connectivity index (χ1v) is 13.5. The smallest absolute Gasteiger partial charge is 0.259 e. The summed E-state index contributed by atoms with van der Waals surface area (Å²) in [5.41, 5.74) is -0.382. The third-order valence-electron chi connectivity index (χ3n) is 9.67. The number of allylic oxidation sites excluding steroid dienone is 4. The molecule has 3 saturated carbocycles. The summed E-state index contributed by atoms with van der Waals surface area (Å²) in [6.07, 6.45) is 10.3. The van der Waals surface area contributed by atoms with Crippen molar-refractivity contribution in [3.63, 3.8) is 0 Å². The fraction of sp³-hybridized carbons (Fsp3) is 0.586. The van der Waals surface area contributed by atoms with Gasteiger partial charge in [-0.15, -0.1) is 6.58 Å². The van der Waals surface area contributed by atoms with Gasteiger partial charge in [0, 0.05) is 18.9 Å². The van der Waals surface area contributed by atoms with Crippen molar-refractivity contribution in [1.82, 2.24) is 10.6 Å². The van der Waals surface area contributed by atoms with Crippen molar-refractivity contribution in [3.05, 3.63) is 48.3 Å². The summed E-state index contributed by atoms with van der Waals surface area (Å²) in [5, 5.41) is 26.2. The molecule has 3 aliphatic carbocycles. The molecule has 2 bridgehead atoms. The number of rotatable bonds is 1. The largest absolute Gasteiger partial charge is 0.507 e. The zero-order valence-corrected chi connectivity index (χ0v) is 21.1. The average molecular weight is 509 g/mol. The monoisotopic (exact) mass is 508 g/mol. The number of fused-ring (bicyclic) bond motifs is 7. The topological polar surface area (TPSA) is 133 Å². The summed E-state index contributed by atoms with van der Waals surface area (Å²) in [7, 11) is 0. The Morgan fingerprint density at radius 1 is 1.11 bits per heavy atom. The lowest BCUT2D eigenvalue weighted by molar-refractivity contribution is -0.131. The Kier molecular flexibility index (Phi) is 6.96. The van der Waals surface area contributed by atoms with E-state index in [1.54, 1.807) is 6.08 Å². The molecule has 0 spiro atoms. The van der Waals surface area contributed by atoms with Gasteiger partial charge in [0.25, 0.3) is 5.91 Å². The number of carbonyl (C=O) groups excluding carboxylic acids is 4. The molecule has 0 aromatic heterocycles. The summed E-state index contributed by atoms with van der Waals surface area (Å²) in [5.74, 6) is -0.190. The van der Waals surface area contributed by atoms with E-state index in [0.29, 0.717) is 36.5 Å². The number of nitrogens with one attached hydrogen (secondary N) is 2. The fourth-order valence-corrected chi connectivity index (χ4v) is 7.95. The maximum Gasteiger partial charge on any atom is 0.259 e. The normalized spacial score (nSPS) is 42.2. The van der Waals surface area contributed by atoms with Gasteiger partial charge in [-0.05, 0) is 79.3 Å². The average Bonchev–Trinajstić information content (AvgIpc) is 3.48. The third kappa shape index (κ3) is 4.49. The van der Waals surface area contributed by atoms with Gasteiger partial charge in [0.15, 0.2) is 5.78 Å². The van der Waals surface area contributed by atoms with Crippen LogP contribution in [0, 0.1) is 47.3 Å². The van der Waals surface area contributed by atoms with Gasteiger partial charge < -0.3 is 20.8 Å². The van der Waals surface area contributed by atoms with E-state index >= 15 is 0 Å². The van der Waals surface area contributed by atoms with Crippen molar-refractivity contribution in [2.45, 2.75) is 51.2 Å². The van der Waals surface area contributed by atoms with Crippen LogP contribution in [0.2, 0.25) is 0 Å². The van der Waals surface area contributed by atoms with Crippen molar-refractivity contribution >= 4 is 23.4 Å². The SMILES string of the molecule is C=C[C@H]1C[C@@H]2C[C@@H]3[C@H]4CC=CC(=O)NCCC(O)C5NC(=O)C(=C(O)C=C[C@@H]4CC(=O)[C@H]3[C@@H]2[C@H]1C)C5=O. The van der Waals surface area contributed by atoms with Crippen LogP contribution in [-0.4, -0.2) is 52.3 Å². The molecule has 2 aliphatic heterocycles. The predicted molar refractivity (Wildman–Crippen MR) is 136 cm³/mol. The Hall–Kier alpha value is -3.00. The summed E-state index contributed by atoms with van der Waals surface area (Å²) in [6, 6.07) is -1.18. The molecule has 2 amide bonds. The molecule has 0 aromatic carbocycles. The second-order valence-corrected chi connectivity index (χ2v) is 11.5. The summed E-state index contributed by atoms with van der Waals surface area (Å²) in [4.78, 5) is 51.2. The first kappa shape index (κ1) is 25.6. The number of ketones is 2. The van der Waals surface area contributed by atoms with E-state index in [1.807, 2.05) is 12.2 Å². The van der Waals surface area contributed by atoms with Crippen molar-refractivity contribution < 1.29 is 29.4 Å². The molecule has 10 atom stereocenters. The molecular weight excluding hydrogens is 472 g/mol. The second kappa shape index (κ2) is 10.0. The molecule has 8 nitrogen and oxygen atoms in total. The Morgan fingerprint density at radius 2 is 1.89 bits per heavy atom. The summed E-state index contributed by atoms with van der Waals surface area (Å²) in [6.45, 7) is 6.37. The molecule has 1 saturated heterocycles. The van der Waals surface area contributed by atoms with Crippen LogP contribution in [0.25, 0.3) is 0 Å². The molecule has 0 aromatic rings. The van der Waals surface area contributed by atoms with E-state index in [2.05, 4.69) is 24.1 Å². The molecule has 0 radical (unpaired) electrons. The standard InChI is InChI=1S/C29H36N2O6/c1-3-15-11-17-12-19-18-5-4-6-23(35)30-10-9-21(33)27-28(36)26(29(37)31-27)20(32)8-7-16(18)13-22(34)25(19)24(17)14(15)2/h3-4,6-8,14-19,21,24-25,27,32-33H,1,5,9-13H2,2H3,(H,30,35)(H,31,37)/t14-,15-,16+,17+,18-,19+,21?,24+,25-,27?/m0/s1. The van der Waals surface area contributed by atoms with E-state index in [-0.39, 0.29) is 53.9 Å². The third-order valence-corrected chi connectivity index (χ3v) is 9.67. The Labute approximate surface area is 217 Å². The number of aliphatic hydroxyl groups excluding tert-OH is 2. The van der Waals surface area contributed by atoms with Crippen LogP contribution in [0.3, 0.4) is 0 Å². The highest BCUT2D eigenvalue weighted by Crippen LogP contribution is 2.61. The minimum absolute atomic E-state index is 0.0104. The van der Waals surface area contributed by atoms with Crippen LogP contribution in [0.15, 0.2) is 48.3 Å². The van der Waals surface area contributed by atoms with Crippen molar-refractivity contribution in [1.29, 1.82) is 0 Å². The molecule has 5 aliphatic rings. The Morgan fingerprint density at radius 3 is 2.65 bits per heavy atom. The van der Waals surface area contributed by atoms with E-state index in [1.165, 1.54) is 12.2 Å². The molecule has 4 fully saturated rings. The van der Waals surface area contributed by atoms with E-state index in [9.17, 15) is 29.4 Å². The van der Waals surface area contributed by atoms with Gasteiger partial charge in [0.05, 0.1) is 6.10 Å². The molecule has 2 unspecified atom stereocenters. The van der Waals surface area contributed by atoms with Gasteiger partial charge in [-0.3, -0.25) is 19.2 Å². The minimum atomic E-state index is -1.20. The van der Waals surface area contributed by atoms with Crippen LogP contribution in [0.1, 0.15) is 39.0 Å². The number of amides is 2. The maximum atomic E-state index is 13.5. The zero-order chi connectivity index (χ0) is 26.4. The van der Waals surface area contributed by atoms with E-state index in [4.69, 9.17) is 0 Å². The molecule has 2 heterocycles. The van der Waals surface area contributed by atoms with E-state index in [0.717, 1.165) is 12.8 Å². The summed E-state index contributed by atoms with van der Waals surface area (Å²) < 4.78 is 0. The van der Waals surface area contributed by atoms with Gasteiger partial charge in [-0.25, -0.2) is 0 Å². The molecule has 198 valence electrons. The number of Topliss-reactive ketones (excluding diaryl/α,β-unsaturated/α-hetero) is 2. The first-order valence-electron chi connectivity index (χ1n) is 13.5. The molecule has 37 heavy (non-hydrogen) atoms. The lowest BCUT2D eigenvalue weighted by Crippen LogP contribution is -2.42. The van der Waals surface area contributed by atoms with Crippen LogP contribution < -0.4 is 10.6 Å². The number of aliphatic hydroxyl groups is 2. The number of carbonyl (C=O) groups is 4. The molecule has 5 rings (SSSR count). The first-order chi connectivity index (χ1) is 17.7. The van der Waals surface area contributed by atoms with Gasteiger partial charge >= 0.3 is 0 Å². The molecule has 8 heteroatoms. The van der Waals surface area contributed by atoms with Gasteiger partial charge in [0.1, 0.15) is 23.2 Å². The zero-order valence-electron chi connectivity index (χ0n) is 21.1. The molecule has 4 N–H and O–H groups in total. The number of hydrogen-bond acceptors (Lipinski definition) is 6. The number of hydrogen-bond donors (Lipinski definition) is 4. The van der Waals surface area contributed by atoms with Gasteiger partial charge in [0.2, 0.25) is 5.91 Å². The Balaban J connectivity index is 1.48. The summed E-state index contributed by atoms with van der Waals surface area (Å²) >= 11 is 0. The fourth-order valence-electron chi connectivity index (χ4n) is 7.95. The lowest BCUT2D eigenvalue weighted by Gasteiger charge is -2.40. The maximum absolute atomic E-state index is 13.5. The van der Waals surface area contributed by atoms with E-state index < -0.39 is 29.6 Å². The minimum Gasteiger partial charge on any atom is -0.507 e. The van der Waals surface area contributed by atoms with Gasteiger partial charge in [-0.2, -0.15) is 0 Å². The quantitative estimate of drug-likeness (QED) is 0.317. The van der Waals surface area contributed by atoms with Gasteiger partial charge in [-0.1, -0.05) is 25.2 Å². The predicted octanol–water partition coefficient (Wildman–Crippen LogP) is 2.16. The molecular formula is C29H36N2O6. The van der Waals surface area contributed by atoms with Crippen molar-refractivity contribution in [3.8, 4) is 0 Å². The highest BCUT2D eigenvalue weighted by Gasteiger charge is 2.58. The van der Waals surface area contributed by atoms with Crippen LogP contribution in [0.5, 0.6) is 0 Å². The highest BCUT2D eigenvalue weighted by molar-refractivity contribution is 6.27. The van der Waals surface area contributed by atoms with Crippen LogP contribution in [-0.2, 0) is 19.2 Å². The van der Waals surface area contributed by atoms with Crippen molar-refractivity contribution in [2.24, 2.45) is 47.3 Å². The lowest BCUT2D eigenvalue weighted by atomic mass is 9.63. The second-order valence-electron chi connectivity index (χ2n) is 11.5. The highest BCUT2D eigenvalue weighted by atomic mass is 16.3. The Bertz CT molecular complexity index is 1110. The van der Waals surface area contributed by atoms with Crippen LogP contribution >= 0.6 is 0 Å². The van der Waals surface area contributed by atoms with Crippen molar-refractivity contribution in [2.75, 3.05) is 6.54 Å². The van der Waals surface area contributed by atoms with Crippen LogP contribution in [0.4, 0.5) is 0 Å².